The molecule has 0 radical (unpaired) electrons. The lowest BCUT2D eigenvalue weighted by Gasteiger charge is -2.09. The number of thiol groups is 1. The third-order valence-corrected chi connectivity index (χ3v) is 2.55. The van der Waals surface area contributed by atoms with Crippen LogP contribution in [-0.4, -0.2) is 11.2 Å². The van der Waals surface area contributed by atoms with Gasteiger partial charge in [0.2, 0.25) is 0 Å². The molecule has 0 spiro atoms. The Morgan fingerprint density at radius 2 is 1.92 bits per heavy atom. The van der Waals surface area contributed by atoms with Crippen LogP contribution in [0.4, 0.5) is 0 Å². The van der Waals surface area contributed by atoms with Gasteiger partial charge in [-0.1, -0.05) is 0 Å². The average Bonchev–Trinajstić information content (AvgIpc) is 2.08. The Bertz CT molecular complexity index is 244. The van der Waals surface area contributed by atoms with Crippen molar-refractivity contribution in [1.29, 1.82) is 0 Å². The summed E-state index contributed by atoms with van der Waals surface area (Å²) < 4.78 is 5.52. The molecule has 1 aromatic rings. The molecule has 3 heteroatoms. The van der Waals surface area contributed by atoms with Crippen molar-refractivity contribution in [3.63, 3.8) is 0 Å². The largest absolute Gasteiger partial charge is 0.491 e. The van der Waals surface area contributed by atoms with Crippen LogP contribution in [0.15, 0.2) is 29.2 Å². The normalized spacial score (nSPS) is 10.5. The van der Waals surface area contributed by atoms with E-state index in [0.29, 0.717) is 0 Å². The summed E-state index contributed by atoms with van der Waals surface area (Å²) in [5.41, 5.74) is 0. The highest BCUT2D eigenvalue weighted by Crippen LogP contribution is 2.22. The van der Waals surface area contributed by atoms with Gasteiger partial charge in [0.15, 0.2) is 0 Å². The second kappa shape index (κ2) is 5.45. The second-order valence-corrected chi connectivity index (χ2v) is 4.70. The maximum absolute atomic E-state index is 5.52. The van der Waals surface area contributed by atoms with E-state index in [-0.39, 0.29) is 6.10 Å². The first-order valence-electron chi connectivity index (χ1n) is 4.22. The molecule has 0 aromatic heterocycles. The Balaban J connectivity index is 2.59. The summed E-state index contributed by atoms with van der Waals surface area (Å²) in [6, 6.07) is 8.09. The van der Waals surface area contributed by atoms with Crippen molar-refractivity contribution < 1.29 is 4.74 Å². The molecule has 1 rings (SSSR count). The molecule has 0 aliphatic rings. The number of benzene rings is 1. The Kier molecular flexibility index (Phi) is 4.53. The minimum atomic E-state index is 0.239. The summed E-state index contributed by atoms with van der Waals surface area (Å²) in [7, 11) is 0. The fraction of sp³-hybridized carbons (Fsp3) is 0.400. The predicted molar refractivity (Wildman–Crippen MR) is 61.9 cm³/mol. The van der Waals surface area contributed by atoms with E-state index < -0.39 is 0 Å². The number of hydrogen-bond donors (Lipinski definition) is 1. The fourth-order valence-corrected chi connectivity index (χ4v) is 1.89. The molecule has 0 bridgehead atoms. The summed E-state index contributed by atoms with van der Waals surface area (Å²) in [6.45, 7) is 4.05. The van der Waals surface area contributed by atoms with Crippen LogP contribution in [0.3, 0.4) is 0 Å². The summed E-state index contributed by atoms with van der Waals surface area (Å²) >= 11 is 5.86. The Morgan fingerprint density at radius 3 is 2.38 bits per heavy atom. The molecule has 1 nitrogen and oxygen atoms in total. The van der Waals surface area contributed by atoms with Crippen molar-refractivity contribution >= 4 is 24.4 Å². The van der Waals surface area contributed by atoms with Crippen molar-refractivity contribution in [3.05, 3.63) is 24.3 Å². The summed E-state index contributed by atoms with van der Waals surface area (Å²) in [4.78, 5) is 1.23. The van der Waals surface area contributed by atoms with Crippen molar-refractivity contribution in [2.45, 2.75) is 24.8 Å². The Labute approximate surface area is 89.3 Å². The maximum atomic E-state index is 5.52. The van der Waals surface area contributed by atoms with Crippen LogP contribution < -0.4 is 4.74 Å². The highest BCUT2D eigenvalue weighted by molar-refractivity contribution is 8.09. The quantitative estimate of drug-likeness (QED) is 0.467. The SMILES string of the molecule is CC(C)Oc1ccc(SCS)cc1. The highest BCUT2D eigenvalue weighted by Gasteiger charge is 1.97. The van der Waals surface area contributed by atoms with Crippen LogP contribution in [-0.2, 0) is 0 Å². The van der Waals surface area contributed by atoms with Crippen molar-refractivity contribution in [1.82, 2.24) is 0 Å². The molecule has 1 aromatic carbocycles. The first-order valence-corrected chi connectivity index (χ1v) is 5.84. The lowest BCUT2D eigenvalue weighted by Crippen LogP contribution is -2.04. The maximum Gasteiger partial charge on any atom is 0.119 e. The topological polar surface area (TPSA) is 9.23 Å². The van der Waals surface area contributed by atoms with Gasteiger partial charge in [0.05, 0.1) is 6.10 Å². The molecule has 72 valence electrons. The third kappa shape index (κ3) is 3.96. The molecule has 0 unspecified atom stereocenters. The Hall–Kier alpha value is -0.280. The molecule has 0 saturated heterocycles. The first-order chi connectivity index (χ1) is 6.22. The fourth-order valence-electron chi connectivity index (χ4n) is 0.961. The van der Waals surface area contributed by atoms with E-state index in [0.717, 1.165) is 10.8 Å². The molecule has 0 amide bonds. The van der Waals surface area contributed by atoms with Crippen LogP contribution in [0.1, 0.15) is 13.8 Å². The minimum absolute atomic E-state index is 0.239. The summed E-state index contributed by atoms with van der Waals surface area (Å²) in [6.07, 6.45) is 0.239. The zero-order valence-electron chi connectivity index (χ0n) is 7.86. The second-order valence-electron chi connectivity index (χ2n) is 2.91. The van der Waals surface area contributed by atoms with Crippen molar-refractivity contribution in [3.8, 4) is 5.75 Å². The van der Waals surface area contributed by atoms with E-state index in [2.05, 4.69) is 24.8 Å². The van der Waals surface area contributed by atoms with Gasteiger partial charge in [-0.05, 0) is 38.1 Å². The van der Waals surface area contributed by atoms with E-state index in [1.165, 1.54) is 4.90 Å². The monoisotopic (exact) mass is 214 g/mol. The van der Waals surface area contributed by atoms with E-state index in [9.17, 15) is 0 Å². The van der Waals surface area contributed by atoms with Gasteiger partial charge in [-0.25, -0.2) is 0 Å². The predicted octanol–water partition coefficient (Wildman–Crippen LogP) is 3.45. The number of rotatable bonds is 4. The van der Waals surface area contributed by atoms with E-state index in [4.69, 9.17) is 4.74 Å². The molecule has 0 atom stereocenters. The van der Waals surface area contributed by atoms with Crippen LogP contribution in [0.2, 0.25) is 0 Å². The third-order valence-electron chi connectivity index (χ3n) is 1.43. The zero-order chi connectivity index (χ0) is 9.68. The smallest absolute Gasteiger partial charge is 0.119 e. The summed E-state index contributed by atoms with van der Waals surface area (Å²) in [5.74, 6) is 0.929. The molecule has 0 N–H and O–H groups in total. The van der Waals surface area contributed by atoms with Crippen molar-refractivity contribution in [2.24, 2.45) is 0 Å². The van der Waals surface area contributed by atoms with Gasteiger partial charge in [-0.15, -0.1) is 11.8 Å². The molecular weight excluding hydrogens is 200 g/mol. The van der Waals surface area contributed by atoms with Crippen LogP contribution in [0, 0.1) is 0 Å². The molecular formula is C10H14OS2. The lowest BCUT2D eigenvalue weighted by atomic mass is 10.3. The molecule has 0 aliphatic carbocycles. The van der Waals surface area contributed by atoms with Gasteiger partial charge in [0.1, 0.15) is 5.75 Å². The van der Waals surface area contributed by atoms with Gasteiger partial charge in [-0.3, -0.25) is 0 Å². The van der Waals surface area contributed by atoms with Gasteiger partial charge in [0.25, 0.3) is 0 Å². The zero-order valence-corrected chi connectivity index (χ0v) is 9.57. The molecule has 13 heavy (non-hydrogen) atoms. The number of ether oxygens (including phenoxy) is 1. The number of hydrogen-bond acceptors (Lipinski definition) is 3. The molecule has 0 aliphatic heterocycles. The van der Waals surface area contributed by atoms with E-state index >= 15 is 0 Å². The van der Waals surface area contributed by atoms with Crippen LogP contribution >= 0.6 is 24.4 Å². The van der Waals surface area contributed by atoms with Gasteiger partial charge >= 0.3 is 0 Å². The van der Waals surface area contributed by atoms with Gasteiger partial charge in [0, 0.05) is 9.98 Å². The van der Waals surface area contributed by atoms with E-state index in [1.54, 1.807) is 11.8 Å². The standard InChI is InChI=1S/C10H14OS2/c1-8(2)11-9-3-5-10(6-4-9)13-7-12/h3-6,8,12H,7H2,1-2H3. The van der Waals surface area contributed by atoms with Gasteiger partial charge < -0.3 is 4.74 Å². The average molecular weight is 214 g/mol. The first kappa shape index (κ1) is 10.8. The minimum Gasteiger partial charge on any atom is -0.491 e. The summed E-state index contributed by atoms with van der Waals surface area (Å²) in [5, 5.41) is 0.810. The lowest BCUT2D eigenvalue weighted by molar-refractivity contribution is 0.242. The van der Waals surface area contributed by atoms with E-state index in [1.807, 2.05) is 26.0 Å². The highest BCUT2D eigenvalue weighted by atomic mass is 32.2. The molecule has 0 saturated carbocycles. The van der Waals surface area contributed by atoms with Crippen molar-refractivity contribution in [2.75, 3.05) is 5.08 Å². The van der Waals surface area contributed by atoms with Crippen LogP contribution in [0.5, 0.6) is 5.75 Å². The van der Waals surface area contributed by atoms with Gasteiger partial charge in [-0.2, -0.15) is 12.6 Å². The number of thioether (sulfide) groups is 1. The molecule has 0 heterocycles. The van der Waals surface area contributed by atoms with Crippen LogP contribution in [0.25, 0.3) is 0 Å². The Morgan fingerprint density at radius 1 is 1.31 bits per heavy atom. The molecule has 0 fully saturated rings.